The van der Waals surface area contributed by atoms with Crippen molar-refractivity contribution in [1.82, 2.24) is 0 Å². The van der Waals surface area contributed by atoms with E-state index in [0.717, 1.165) is 11.1 Å². The Kier molecular flexibility index (Phi) is 6.73. The number of sulfone groups is 2. The molecule has 8 heteroatoms. The van der Waals surface area contributed by atoms with Crippen molar-refractivity contribution in [2.75, 3.05) is 11.5 Å². The second kappa shape index (κ2) is 8.81. The molecule has 0 saturated heterocycles. The Bertz CT molecular complexity index is 985. The zero-order valence-corrected chi connectivity index (χ0v) is 16.1. The zero-order chi connectivity index (χ0) is 19.9. The molecule has 0 aliphatic rings. The minimum Gasteiger partial charge on any atom is -0.224 e. The first-order valence-corrected chi connectivity index (χ1v) is 11.5. The third kappa shape index (κ3) is 5.65. The van der Waals surface area contributed by atoms with Crippen LogP contribution in [-0.4, -0.2) is 28.3 Å². The quantitative estimate of drug-likeness (QED) is 0.670. The molecule has 0 aliphatic heterocycles. The maximum absolute atomic E-state index is 12.0. The third-order valence-corrected chi connectivity index (χ3v) is 7.40. The fraction of sp³-hybridized carbons (Fsp3) is 0.263. The van der Waals surface area contributed by atoms with Gasteiger partial charge in [0.15, 0.2) is 19.7 Å². The van der Waals surface area contributed by atoms with E-state index in [0.29, 0.717) is 6.42 Å². The highest BCUT2D eigenvalue weighted by atomic mass is 32.2. The minimum atomic E-state index is -3.45. The summed E-state index contributed by atoms with van der Waals surface area (Å²) in [5, 5.41) is 17.1. The smallest absolute Gasteiger partial charge is 0.179 e. The molecule has 2 aromatic rings. The van der Waals surface area contributed by atoms with Gasteiger partial charge in [-0.2, -0.15) is 10.5 Å². The molecular formula is C19H18N2O4S2. The van der Waals surface area contributed by atoms with Gasteiger partial charge in [0, 0.05) is 12.8 Å². The topological polar surface area (TPSA) is 116 Å². The van der Waals surface area contributed by atoms with E-state index < -0.39 is 19.7 Å². The van der Waals surface area contributed by atoms with Gasteiger partial charge in [-0.3, -0.25) is 0 Å². The molecule has 0 bridgehead atoms. The van der Waals surface area contributed by atoms with Crippen molar-refractivity contribution in [2.45, 2.75) is 29.1 Å². The Hall–Kier alpha value is -2.68. The van der Waals surface area contributed by atoms with Crippen molar-refractivity contribution >= 4 is 19.7 Å². The molecule has 0 spiro atoms. The first kappa shape index (κ1) is 20.6. The molecule has 0 atom stereocenters. The van der Waals surface area contributed by atoms with Crippen LogP contribution in [0.4, 0.5) is 0 Å². The first-order valence-electron chi connectivity index (χ1n) is 8.16. The molecule has 0 unspecified atom stereocenters. The Morgan fingerprint density at radius 2 is 0.963 bits per heavy atom. The van der Waals surface area contributed by atoms with E-state index in [9.17, 15) is 16.8 Å². The molecule has 27 heavy (non-hydrogen) atoms. The monoisotopic (exact) mass is 402 g/mol. The van der Waals surface area contributed by atoms with E-state index in [4.69, 9.17) is 10.5 Å². The SMILES string of the molecule is N#CCCS(=O)(=O)c1ccc(Cc2ccc(S(=O)(=O)CCC#N)cc2)cc1. The first-order chi connectivity index (χ1) is 12.8. The average molecular weight is 402 g/mol. The van der Waals surface area contributed by atoms with Crippen LogP contribution >= 0.6 is 0 Å². The molecule has 0 N–H and O–H groups in total. The zero-order valence-electron chi connectivity index (χ0n) is 14.5. The molecule has 140 valence electrons. The van der Waals surface area contributed by atoms with E-state index in [-0.39, 0.29) is 34.1 Å². The van der Waals surface area contributed by atoms with Crippen molar-refractivity contribution < 1.29 is 16.8 Å². The molecule has 6 nitrogen and oxygen atoms in total. The summed E-state index contributed by atoms with van der Waals surface area (Å²) >= 11 is 0. The molecule has 0 fully saturated rings. The lowest BCUT2D eigenvalue weighted by Crippen LogP contribution is -2.06. The Morgan fingerprint density at radius 3 is 1.26 bits per heavy atom. The summed E-state index contributed by atoms with van der Waals surface area (Å²) in [6, 6.07) is 16.5. The van der Waals surface area contributed by atoms with Gasteiger partial charge < -0.3 is 0 Å². The Morgan fingerprint density at radius 1 is 0.630 bits per heavy atom. The lowest BCUT2D eigenvalue weighted by molar-refractivity contribution is 0.594. The number of nitrogens with zero attached hydrogens (tertiary/aromatic N) is 2. The number of hydrogen-bond acceptors (Lipinski definition) is 6. The number of nitriles is 2. The van der Waals surface area contributed by atoms with Crippen molar-refractivity contribution in [3.63, 3.8) is 0 Å². The maximum Gasteiger partial charge on any atom is 0.179 e. The molecule has 2 rings (SSSR count). The molecule has 0 radical (unpaired) electrons. The summed E-state index contributed by atoms with van der Waals surface area (Å²) < 4.78 is 48.2. The largest absolute Gasteiger partial charge is 0.224 e. The van der Waals surface area contributed by atoms with Crippen LogP contribution in [0.2, 0.25) is 0 Å². The lowest BCUT2D eigenvalue weighted by Gasteiger charge is -2.07. The number of benzene rings is 2. The van der Waals surface area contributed by atoms with E-state index in [2.05, 4.69) is 0 Å². The molecule has 0 amide bonds. The Balaban J connectivity index is 2.10. The van der Waals surface area contributed by atoms with Crippen molar-refractivity contribution in [2.24, 2.45) is 0 Å². The predicted octanol–water partition coefficient (Wildman–Crippen LogP) is 2.65. The summed E-state index contributed by atoms with van der Waals surface area (Å²) in [5.74, 6) is -0.408. The van der Waals surface area contributed by atoms with Gasteiger partial charge in [0.25, 0.3) is 0 Å². The summed E-state index contributed by atoms with van der Waals surface area (Å²) in [6.45, 7) is 0. The maximum atomic E-state index is 12.0. The highest BCUT2D eigenvalue weighted by Gasteiger charge is 2.15. The fourth-order valence-corrected chi connectivity index (χ4v) is 4.75. The molecule has 0 heterocycles. The van der Waals surface area contributed by atoms with E-state index in [1.165, 1.54) is 24.3 Å². The summed E-state index contributed by atoms with van der Waals surface area (Å²) in [4.78, 5) is 0.362. The Labute approximate surface area is 159 Å². The third-order valence-electron chi connectivity index (χ3n) is 3.94. The van der Waals surface area contributed by atoms with Crippen LogP contribution in [0.5, 0.6) is 0 Å². The number of rotatable bonds is 8. The van der Waals surface area contributed by atoms with E-state index >= 15 is 0 Å². The molecular weight excluding hydrogens is 384 g/mol. The van der Waals surface area contributed by atoms with Crippen LogP contribution in [0.15, 0.2) is 58.3 Å². The van der Waals surface area contributed by atoms with Crippen molar-refractivity contribution in [3.05, 3.63) is 59.7 Å². The second-order valence-electron chi connectivity index (χ2n) is 5.92. The van der Waals surface area contributed by atoms with Gasteiger partial charge in [-0.1, -0.05) is 24.3 Å². The van der Waals surface area contributed by atoms with Crippen LogP contribution in [-0.2, 0) is 26.1 Å². The lowest BCUT2D eigenvalue weighted by atomic mass is 10.1. The summed E-state index contributed by atoms with van der Waals surface area (Å²) in [7, 11) is -6.91. The summed E-state index contributed by atoms with van der Waals surface area (Å²) in [5.41, 5.74) is 1.77. The average Bonchev–Trinajstić information content (AvgIpc) is 2.66. The van der Waals surface area contributed by atoms with Crippen LogP contribution in [0.1, 0.15) is 24.0 Å². The van der Waals surface area contributed by atoms with Crippen molar-refractivity contribution in [3.8, 4) is 12.1 Å². The number of hydrogen-bond donors (Lipinski definition) is 0. The molecule has 0 saturated carbocycles. The molecule has 0 aliphatic carbocycles. The van der Waals surface area contributed by atoms with Crippen LogP contribution in [0.3, 0.4) is 0 Å². The standard InChI is InChI=1S/C19H18N2O4S2/c20-11-1-13-26(22,23)18-7-3-16(4-8-18)15-17-5-9-19(10-6-17)27(24,25)14-2-12-21/h3-10H,1-2,13-15H2. The van der Waals surface area contributed by atoms with Gasteiger partial charge in [0.1, 0.15) is 0 Å². The van der Waals surface area contributed by atoms with Crippen molar-refractivity contribution in [1.29, 1.82) is 10.5 Å². The molecule has 0 aromatic heterocycles. The van der Waals surface area contributed by atoms with Gasteiger partial charge >= 0.3 is 0 Å². The second-order valence-corrected chi connectivity index (χ2v) is 10.1. The van der Waals surface area contributed by atoms with Gasteiger partial charge in [-0.05, 0) is 41.8 Å². The normalized spacial score (nSPS) is 11.5. The van der Waals surface area contributed by atoms with Gasteiger partial charge in [-0.15, -0.1) is 0 Å². The highest BCUT2D eigenvalue weighted by molar-refractivity contribution is 7.91. The highest BCUT2D eigenvalue weighted by Crippen LogP contribution is 2.18. The van der Waals surface area contributed by atoms with Gasteiger partial charge in [0.2, 0.25) is 0 Å². The van der Waals surface area contributed by atoms with Crippen LogP contribution in [0, 0.1) is 22.7 Å². The minimum absolute atomic E-state index is 0.0479. The van der Waals surface area contributed by atoms with Gasteiger partial charge in [-0.25, -0.2) is 16.8 Å². The van der Waals surface area contributed by atoms with Gasteiger partial charge in [0.05, 0.1) is 33.4 Å². The predicted molar refractivity (Wildman–Crippen MR) is 100 cm³/mol. The summed E-state index contributed by atoms with van der Waals surface area (Å²) in [6.07, 6.45) is 0.429. The molecule has 2 aromatic carbocycles. The fourth-order valence-electron chi connectivity index (χ4n) is 2.46. The van der Waals surface area contributed by atoms with E-state index in [1.54, 1.807) is 24.3 Å². The van der Waals surface area contributed by atoms with Crippen LogP contribution in [0.25, 0.3) is 0 Å². The van der Waals surface area contributed by atoms with Crippen LogP contribution < -0.4 is 0 Å². The van der Waals surface area contributed by atoms with E-state index in [1.807, 2.05) is 12.1 Å².